The first kappa shape index (κ1) is 16.0. The van der Waals surface area contributed by atoms with Crippen molar-refractivity contribution in [3.05, 3.63) is 33.9 Å². The lowest BCUT2D eigenvalue weighted by Gasteiger charge is -2.33. The van der Waals surface area contributed by atoms with Gasteiger partial charge in [-0.3, -0.25) is 14.9 Å². The highest BCUT2D eigenvalue weighted by atomic mass is 19.4. The van der Waals surface area contributed by atoms with Crippen LogP contribution in [0.15, 0.2) is 18.2 Å². The molecule has 22 heavy (non-hydrogen) atoms. The van der Waals surface area contributed by atoms with E-state index in [9.17, 15) is 28.1 Å². The Bertz CT molecular complexity index is 606. The van der Waals surface area contributed by atoms with E-state index < -0.39 is 34.4 Å². The number of hydrogen-bond donors (Lipinski definition) is 1. The Morgan fingerprint density at radius 3 is 2.68 bits per heavy atom. The third-order valence-corrected chi connectivity index (χ3v) is 3.23. The molecule has 2 N–H and O–H groups in total. The van der Waals surface area contributed by atoms with E-state index in [0.717, 1.165) is 6.07 Å². The van der Waals surface area contributed by atoms with Gasteiger partial charge in [0.25, 0.3) is 5.69 Å². The minimum Gasteiger partial charge on any atom is -0.367 e. The van der Waals surface area contributed by atoms with Crippen molar-refractivity contribution in [1.29, 1.82) is 0 Å². The molecule has 0 unspecified atom stereocenters. The molecule has 2 rings (SSSR count). The van der Waals surface area contributed by atoms with E-state index >= 15 is 0 Å². The second kappa shape index (κ2) is 5.79. The van der Waals surface area contributed by atoms with Crippen molar-refractivity contribution < 1.29 is 27.6 Å². The minimum atomic E-state index is -4.85. The van der Waals surface area contributed by atoms with Gasteiger partial charge >= 0.3 is 6.18 Å². The molecule has 0 bridgehead atoms. The number of morpholine rings is 1. The number of nitro groups is 1. The highest BCUT2D eigenvalue weighted by molar-refractivity contribution is 5.80. The summed E-state index contributed by atoms with van der Waals surface area (Å²) < 4.78 is 43.9. The average Bonchev–Trinajstić information content (AvgIpc) is 2.45. The number of hydrogen-bond acceptors (Lipinski definition) is 5. The predicted octanol–water partition coefficient (Wildman–Crippen LogP) is 1.30. The number of nitrogens with two attached hydrogens (primary N) is 1. The normalized spacial score (nSPS) is 19.0. The molecule has 10 heteroatoms. The average molecular weight is 319 g/mol. The van der Waals surface area contributed by atoms with Crippen LogP contribution in [-0.2, 0) is 15.7 Å². The highest BCUT2D eigenvalue weighted by Gasteiger charge is 2.39. The van der Waals surface area contributed by atoms with E-state index in [2.05, 4.69) is 0 Å². The van der Waals surface area contributed by atoms with Gasteiger partial charge in [-0.1, -0.05) is 0 Å². The summed E-state index contributed by atoms with van der Waals surface area (Å²) in [5, 5.41) is 10.7. The van der Waals surface area contributed by atoms with Crippen molar-refractivity contribution in [2.75, 3.05) is 24.6 Å². The maximum absolute atomic E-state index is 12.9. The zero-order chi connectivity index (χ0) is 16.5. The lowest BCUT2D eigenvalue weighted by atomic mass is 10.1. The van der Waals surface area contributed by atoms with Crippen LogP contribution in [0.1, 0.15) is 5.56 Å². The quantitative estimate of drug-likeness (QED) is 0.669. The van der Waals surface area contributed by atoms with Gasteiger partial charge in [-0.25, -0.2) is 0 Å². The van der Waals surface area contributed by atoms with Crippen LogP contribution in [0, 0.1) is 10.1 Å². The van der Waals surface area contributed by atoms with Crippen LogP contribution in [0.3, 0.4) is 0 Å². The van der Waals surface area contributed by atoms with Gasteiger partial charge in [0, 0.05) is 18.3 Å². The highest BCUT2D eigenvalue weighted by Crippen LogP contribution is 2.38. The Labute approximate surface area is 122 Å². The number of nitro benzene ring substituents is 1. The van der Waals surface area contributed by atoms with Gasteiger partial charge < -0.3 is 15.4 Å². The largest absolute Gasteiger partial charge is 0.423 e. The molecule has 1 atom stereocenters. The lowest BCUT2D eigenvalue weighted by molar-refractivity contribution is -0.388. The maximum Gasteiger partial charge on any atom is 0.423 e. The number of primary amides is 1. The number of alkyl halides is 3. The fourth-order valence-corrected chi connectivity index (χ4v) is 2.16. The minimum absolute atomic E-state index is 0.00948. The molecule has 7 nitrogen and oxygen atoms in total. The molecule has 0 aliphatic carbocycles. The molecule has 0 radical (unpaired) electrons. The zero-order valence-electron chi connectivity index (χ0n) is 11.2. The van der Waals surface area contributed by atoms with Gasteiger partial charge in [0.15, 0.2) is 6.10 Å². The number of anilines is 1. The number of nitrogens with zero attached hydrogens (tertiary/aromatic N) is 2. The number of ether oxygens (including phenoxy) is 1. The van der Waals surface area contributed by atoms with E-state index in [1.54, 1.807) is 0 Å². The maximum atomic E-state index is 12.9. The Balaban J connectivity index is 2.36. The number of benzene rings is 1. The fraction of sp³-hybridized carbons (Fsp3) is 0.417. The molecule has 120 valence electrons. The number of halogens is 3. The summed E-state index contributed by atoms with van der Waals surface area (Å²) in [6.07, 6.45) is -5.79. The summed E-state index contributed by atoms with van der Waals surface area (Å²) in [6, 6.07) is 2.70. The summed E-state index contributed by atoms with van der Waals surface area (Å²) in [7, 11) is 0. The molecular formula is C12H12F3N3O4. The summed E-state index contributed by atoms with van der Waals surface area (Å²) in [4.78, 5) is 22.2. The zero-order valence-corrected chi connectivity index (χ0v) is 11.2. The van der Waals surface area contributed by atoms with E-state index in [1.807, 2.05) is 0 Å². The third-order valence-electron chi connectivity index (χ3n) is 3.23. The van der Waals surface area contributed by atoms with E-state index in [-0.39, 0.29) is 25.4 Å². The van der Waals surface area contributed by atoms with Gasteiger partial charge in [-0.2, -0.15) is 13.2 Å². The van der Waals surface area contributed by atoms with E-state index in [4.69, 9.17) is 10.5 Å². The van der Waals surface area contributed by atoms with Crippen LogP contribution in [0.25, 0.3) is 0 Å². The first-order valence-corrected chi connectivity index (χ1v) is 6.21. The number of amides is 1. The number of carbonyl (C=O) groups is 1. The van der Waals surface area contributed by atoms with Crippen molar-refractivity contribution in [3.8, 4) is 0 Å². The fourth-order valence-electron chi connectivity index (χ4n) is 2.16. The Morgan fingerprint density at radius 2 is 2.14 bits per heavy atom. The van der Waals surface area contributed by atoms with Gasteiger partial charge in [0.05, 0.1) is 18.1 Å². The lowest BCUT2D eigenvalue weighted by Crippen LogP contribution is -2.48. The summed E-state index contributed by atoms with van der Waals surface area (Å²) >= 11 is 0. The van der Waals surface area contributed by atoms with Crippen LogP contribution in [0.5, 0.6) is 0 Å². The van der Waals surface area contributed by atoms with Gasteiger partial charge in [-0.05, 0) is 12.1 Å². The molecule has 0 spiro atoms. The molecule has 1 aliphatic heterocycles. The molecule has 1 saturated heterocycles. The molecule has 0 saturated carbocycles. The smallest absolute Gasteiger partial charge is 0.367 e. The molecule has 1 heterocycles. The van der Waals surface area contributed by atoms with E-state index in [0.29, 0.717) is 6.07 Å². The van der Waals surface area contributed by atoms with Crippen LogP contribution in [0.2, 0.25) is 0 Å². The Morgan fingerprint density at radius 1 is 1.45 bits per heavy atom. The van der Waals surface area contributed by atoms with Crippen LogP contribution < -0.4 is 10.6 Å². The summed E-state index contributed by atoms with van der Waals surface area (Å²) in [6.45, 7) is 0.356. The molecule has 1 fully saturated rings. The first-order chi connectivity index (χ1) is 10.2. The van der Waals surface area contributed by atoms with Crippen LogP contribution in [0.4, 0.5) is 24.5 Å². The molecule has 1 amide bonds. The van der Waals surface area contributed by atoms with Gasteiger partial charge in [0.1, 0.15) is 5.56 Å². The Hall–Kier alpha value is -2.36. The topological polar surface area (TPSA) is 98.7 Å². The van der Waals surface area contributed by atoms with Crippen LogP contribution >= 0.6 is 0 Å². The summed E-state index contributed by atoms with van der Waals surface area (Å²) in [5.74, 6) is -0.720. The number of rotatable bonds is 3. The molecule has 0 aromatic heterocycles. The second-order valence-electron chi connectivity index (χ2n) is 4.66. The van der Waals surface area contributed by atoms with Gasteiger partial charge in [-0.15, -0.1) is 0 Å². The molecule has 1 aromatic carbocycles. The van der Waals surface area contributed by atoms with Crippen molar-refractivity contribution >= 4 is 17.3 Å². The monoisotopic (exact) mass is 319 g/mol. The molecule has 1 aliphatic rings. The third kappa shape index (κ3) is 3.27. The van der Waals surface area contributed by atoms with Gasteiger partial charge in [0.2, 0.25) is 5.91 Å². The summed E-state index contributed by atoms with van der Waals surface area (Å²) in [5.41, 5.74) is 2.87. The van der Waals surface area contributed by atoms with Crippen LogP contribution in [-0.4, -0.2) is 36.6 Å². The molecule has 1 aromatic rings. The first-order valence-electron chi connectivity index (χ1n) is 6.21. The SMILES string of the molecule is NC(=O)[C@@H]1CN(c2ccc([N+](=O)[O-])c(C(F)(F)F)c2)CCO1. The Kier molecular flexibility index (Phi) is 4.22. The van der Waals surface area contributed by atoms with Crippen molar-refractivity contribution in [1.82, 2.24) is 0 Å². The predicted molar refractivity (Wildman–Crippen MR) is 69.2 cm³/mol. The standard InChI is InChI=1S/C12H12F3N3O4/c13-12(14,15)8-5-7(1-2-9(8)18(20)21)17-3-4-22-10(6-17)11(16)19/h1-2,5,10H,3-4,6H2,(H2,16,19)/t10-/m0/s1. The molecular weight excluding hydrogens is 307 g/mol. The van der Waals surface area contributed by atoms with E-state index in [1.165, 1.54) is 11.0 Å². The van der Waals surface area contributed by atoms with Crippen molar-refractivity contribution in [2.24, 2.45) is 5.73 Å². The van der Waals surface area contributed by atoms with Crippen molar-refractivity contribution in [2.45, 2.75) is 12.3 Å². The number of carbonyl (C=O) groups excluding carboxylic acids is 1. The second-order valence-corrected chi connectivity index (χ2v) is 4.66. The van der Waals surface area contributed by atoms with Crippen molar-refractivity contribution in [3.63, 3.8) is 0 Å².